The number of hydrogen-bond acceptors (Lipinski definition) is 5. The van der Waals surface area contributed by atoms with E-state index in [2.05, 4.69) is 10.2 Å². The lowest BCUT2D eigenvalue weighted by Gasteiger charge is -2.22. The summed E-state index contributed by atoms with van der Waals surface area (Å²) in [4.78, 5) is 14.6. The van der Waals surface area contributed by atoms with Gasteiger partial charge in [0, 0.05) is 26.2 Å². The quantitative estimate of drug-likeness (QED) is 0.600. The van der Waals surface area contributed by atoms with Gasteiger partial charge < -0.3 is 9.64 Å². The molecule has 0 spiro atoms. The second-order valence-electron chi connectivity index (χ2n) is 8.08. The van der Waals surface area contributed by atoms with Crippen LogP contribution in [0.4, 0.5) is 0 Å². The molecule has 0 bridgehead atoms. The number of aromatic nitrogens is 2. The lowest BCUT2D eigenvalue weighted by molar-refractivity contribution is -0.133. The van der Waals surface area contributed by atoms with Crippen molar-refractivity contribution in [1.82, 2.24) is 19.4 Å². The van der Waals surface area contributed by atoms with E-state index in [1.54, 1.807) is 18.7 Å². The van der Waals surface area contributed by atoms with E-state index in [0.29, 0.717) is 43.2 Å². The minimum absolute atomic E-state index is 0.0859. The van der Waals surface area contributed by atoms with E-state index in [1.165, 1.54) is 4.31 Å². The van der Waals surface area contributed by atoms with Crippen molar-refractivity contribution in [1.29, 1.82) is 0 Å². The van der Waals surface area contributed by atoms with Crippen LogP contribution in [0.5, 0.6) is 5.75 Å². The summed E-state index contributed by atoms with van der Waals surface area (Å²) in [5.74, 6) is 0.463. The highest BCUT2D eigenvalue weighted by atomic mass is 32.2. The number of H-pyrrole nitrogens is 1. The molecule has 0 aliphatic carbocycles. The van der Waals surface area contributed by atoms with Gasteiger partial charge in [-0.25, -0.2) is 8.42 Å². The van der Waals surface area contributed by atoms with E-state index in [0.717, 1.165) is 11.1 Å². The third-order valence-corrected chi connectivity index (χ3v) is 7.95. The van der Waals surface area contributed by atoms with Crippen LogP contribution in [0.1, 0.15) is 17.8 Å². The van der Waals surface area contributed by atoms with Crippen molar-refractivity contribution in [3.63, 3.8) is 0 Å². The van der Waals surface area contributed by atoms with E-state index in [1.807, 2.05) is 54.6 Å². The fourth-order valence-corrected chi connectivity index (χ4v) is 5.85. The Hall–Kier alpha value is -3.17. The van der Waals surface area contributed by atoms with Crippen LogP contribution in [0.15, 0.2) is 59.5 Å². The third kappa shape index (κ3) is 5.09. The first-order valence-corrected chi connectivity index (χ1v) is 12.4. The monoisotopic (exact) mass is 468 g/mol. The molecule has 0 saturated carbocycles. The molecule has 174 valence electrons. The lowest BCUT2D eigenvalue weighted by Crippen LogP contribution is -2.39. The van der Waals surface area contributed by atoms with Crippen molar-refractivity contribution >= 4 is 15.9 Å². The molecule has 1 aliphatic rings. The highest BCUT2D eigenvalue weighted by Crippen LogP contribution is 2.24. The van der Waals surface area contributed by atoms with Crippen molar-refractivity contribution in [3.8, 4) is 16.9 Å². The van der Waals surface area contributed by atoms with E-state index in [9.17, 15) is 13.2 Å². The van der Waals surface area contributed by atoms with Gasteiger partial charge in [0.05, 0.1) is 11.4 Å². The molecule has 0 atom stereocenters. The van der Waals surface area contributed by atoms with Crippen LogP contribution in [0.3, 0.4) is 0 Å². The van der Waals surface area contributed by atoms with Gasteiger partial charge in [-0.3, -0.25) is 9.89 Å². The van der Waals surface area contributed by atoms with Gasteiger partial charge in [-0.2, -0.15) is 9.40 Å². The lowest BCUT2D eigenvalue weighted by atomic mass is 10.1. The molecule has 33 heavy (non-hydrogen) atoms. The van der Waals surface area contributed by atoms with Crippen LogP contribution in [0, 0.1) is 13.8 Å². The van der Waals surface area contributed by atoms with E-state index >= 15 is 0 Å². The fraction of sp³-hybridized carbons (Fsp3) is 0.333. The molecule has 9 heteroatoms. The average molecular weight is 469 g/mol. The molecule has 1 amide bonds. The number of carbonyl (C=O) groups is 1. The third-order valence-electron chi connectivity index (χ3n) is 5.79. The summed E-state index contributed by atoms with van der Waals surface area (Å²) in [6.07, 6.45) is 0.562. The first kappa shape index (κ1) is 23.0. The molecule has 1 N–H and O–H groups in total. The summed E-state index contributed by atoms with van der Waals surface area (Å²) in [5.41, 5.74) is 3.17. The summed E-state index contributed by atoms with van der Waals surface area (Å²) in [7, 11) is -3.66. The van der Waals surface area contributed by atoms with E-state index < -0.39 is 10.0 Å². The number of ether oxygens (including phenoxy) is 1. The van der Waals surface area contributed by atoms with Gasteiger partial charge in [-0.05, 0) is 43.5 Å². The zero-order valence-electron chi connectivity index (χ0n) is 18.8. The number of sulfonamides is 1. The first-order chi connectivity index (χ1) is 15.9. The standard InChI is InChI=1S/C24H28N4O4S/c1-18-24(19(2)26-25-18)33(30,31)28-14-6-13-27(15-16-28)23(29)17-32-22-11-9-21(10-12-22)20-7-4-3-5-8-20/h3-5,7-12H,6,13-17H2,1-2H3,(H,25,26). The summed E-state index contributed by atoms with van der Waals surface area (Å²) < 4.78 is 33.3. The molecule has 0 radical (unpaired) electrons. The van der Waals surface area contributed by atoms with Crippen LogP contribution < -0.4 is 4.74 Å². The average Bonchev–Trinajstić information content (AvgIpc) is 3.02. The van der Waals surface area contributed by atoms with Gasteiger partial charge in [0.25, 0.3) is 5.91 Å². The smallest absolute Gasteiger partial charge is 0.260 e. The first-order valence-electron chi connectivity index (χ1n) is 10.9. The topological polar surface area (TPSA) is 95.6 Å². The second kappa shape index (κ2) is 9.76. The Bertz CT molecular complexity index is 1190. The molecular weight excluding hydrogens is 440 g/mol. The Morgan fingerprint density at radius 2 is 1.67 bits per heavy atom. The molecule has 2 heterocycles. The number of rotatable bonds is 6. The summed E-state index contributed by atoms with van der Waals surface area (Å²) in [6, 6.07) is 17.7. The maximum Gasteiger partial charge on any atom is 0.260 e. The Balaban J connectivity index is 1.33. The molecule has 2 aromatic carbocycles. The largest absolute Gasteiger partial charge is 0.484 e. The van der Waals surface area contributed by atoms with Gasteiger partial charge in [0.2, 0.25) is 10.0 Å². The number of aryl methyl sites for hydroxylation is 2. The van der Waals surface area contributed by atoms with Crippen molar-refractivity contribution < 1.29 is 17.9 Å². The second-order valence-corrected chi connectivity index (χ2v) is 9.96. The highest BCUT2D eigenvalue weighted by molar-refractivity contribution is 7.89. The Labute approximate surface area is 194 Å². The van der Waals surface area contributed by atoms with Crippen LogP contribution in [0.2, 0.25) is 0 Å². The van der Waals surface area contributed by atoms with Gasteiger partial charge in [0.15, 0.2) is 6.61 Å². The number of nitrogens with zero attached hydrogens (tertiary/aromatic N) is 3. The normalized spacial score (nSPS) is 15.3. The number of aromatic amines is 1. The number of amides is 1. The predicted octanol–water partition coefficient (Wildman–Crippen LogP) is 3.00. The molecular formula is C24H28N4O4S. The van der Waals surface area contributed by atoms with Crippen LogP contribution in [-0.4, -0.2) is 66.5 Å². The maximum atomic E-state index is 13.1. The molecule has 8 nitrogen and oxygen atoms in total. The molecule has 1 aliphatic heterocycles. The SMILES string of the molecule is Cc1n[nH]c(C)c1S(=O)(=O)N1CCCN(C(=O)COc2ccc(-c3ccccc3)cc2)CC1. The zero-order chi connectivity index (χ0) is 23.4. The van der Waals surface area contributed by atoms with Crippen LogP contribution in [-0.2, 0) is 14.8 Å². The number of hydrogen-bond donors (Lipinski definition) is 1. The van der Waals surface area contributed by atoms with Gasteiger partial charge >= 0.3 is 0 Å². The van der Waals surface area contributed by atoms with Gasteiger partial charge in [-0.1, -0.05) is 42.5 Å². The molecule has 1 fully saturated rings. The van der Waals surface area contributed by atoms with Crippen molar-refractivity contribution in [2.24, 2.45) is 0 Å². The number of nitrogens with one attached hydrogen (secondary N) is 1. The number of benzene rings is 2. The van der Waals surface area contributed by atoms with E-state index in [-0.39, 0.29) is 24.0 Å². The van der Waals surface area contributed by atoms with Crippen molar-refractivity contribution in [2.45, 2.75) is 25.2 Å². The minimum Gasteiger partial charge on any atom is -0.484 e. The Morgan fingerprint density at radius 1 is 0.970 bits per heavy atom. The predicted molar refractivity (Wildman–Crippen MR) is 125 cm³/mol. The summed E-state index contributed by atoms with van der Waals surface area (Å²) in [5, 5.41) is 6.74. The zero-order valence-corrected chi connectivity index (χ0v) is 19.6. The summed E-state index contributed by atoms with van der Waals surface area (Å²) in [6.45, 7) is 4.70. The number of carbonyl (C=O) groups excluding carboxylic acids is 1. The Morgan fingerprint density at radius 3 is 2.33 bits per heavy atom. The summed E-state index contributed by atoms with van der Waals surface area (Å²) >= 11 is 0. The molecule has 0 unspecified atom stereocenters. The molecule has 4 rings (SSSR count). The molecule has 1 saturated heterocycles. The van der Waals surface area contributed by atoms with Gasteiger partial charge in [0.1, 0.15) is 10.6 Å². The minimum atomic E-state index is -3.66. The fourth-order valence-electron chi connectivity index (χ4n) is 4.04. The van der Waals surface area contributed by atoms with Gasteiger partial charge in [-0.15, -0.1) is 0 Å². The molecule has 1 aromatic heterocycles. The van der Waals surface area contributed by atoms with Crippen LogP contribution >= 0.6 is 0 Å². The highest BCUT2D eigenvalue weighted by Gasteiger charge is 2.31. The molecule has 3 aromatic rings. The Kier molecular flexibility index (Phi) is 6.80. The van der Waals surface area contributed by atoms with E-state index in [4.69, 9.17) is 4.74 Å². The van der Waals surface area contributed by atoms with Crippen molar-refractivity contribution in [2.75, 3.05) is 32.8 Å². The maximum absolute atomic E-state index is 13.1. The van der Waals surface area contributed by atoms with Crippen LogP contribution in [0.25, 0.3) is 11.1 Å². The van der Waals surface area contributed by atoms with Crippen molar-refractivity contribution in [3.05, 3.63) is 66.0 Å².